The Morgan fingerprint density at radius 2 is 1.50 bits per heavy atom. The smallest absolute Gasteiger partial charge is 0.746 e. The van der Waals surface area contributed by atoms with E-state index < -0.39 is 13.2 Å². The summed E-state index contributed by atoms with van der Waals surface area (Å²) >= 11 is 5.02. The van der Waals surface area contributed by atoms with Crippen LogP contribution in [0.15, 0.2) is 0 Å². The molecule has 0 aromatic carbocycles. The fourth-order valence-corrected chi connectivity index (χ4v) is 0. The van der Waals surface area contributed by atoms with Gasteiger partial charge >= 0.3 is 29.6 Å². The van der Waals surface area contributed by atoms with Crippen LogP contribution in [-0.2, 0) is 10.1 Å². The number of hydrogen-bond donors (Lipinski definition) is 0. The molecule has 7 heteroatoms. The summed E-state index contributed by atoms with van der Waals surface area (Å²) < 4.78 is 27.9. The van der Waals surface area contributed by atoms with E-state index in [1.165, 1.54) is 0 Å². The van der Waals surface area contributed by atoms with Crippen LogP contribution in [0.2, 0.25) is 0 Å². The van der Waals surface area contributed by atoms with Crippen LogP contribution in [0.25, 0.3) is 0 Å². The van der Waals surface area contributed by atoms with Crippen molar-refractivity contribution in [3.05, 3.63) is 0 Å². The van der Waals surface area contributed by atoms with Gasteiger partial charge in [-0.25, -0.2) is 8.42 Å². The van der Waals surface area contributed by atoms with Crippen LogP contribution in [0.4, 0.5) is 0 Å². The van der Waals surface area contributed by atoms with Crippen LogP contribution in [0.3, 0.4) is 0 Å². The molecule has 0 aromatic rings. The number of halogens is 2. The van der Waals surface area contributed by atoms with E-state index >= 15 is 0 Å². The molecule has 0 spiro atoms. The molecule has 0 aliphatic carbocycles. The van der Waals surface area contributed by atoms with Gasteiger partial charge in [0.2, 0.25) is 0 Å². The Labute approximate surface area is 86.5 Å². The zero-order chi connectivity index (χ0) is 6.08. The summed E-state index contributed by atoms with van der Waals surface area (Å²) in [6.07, 6.45) is 0. The van der Waals surface area contributed by atoms with Gasteiger partial charge in [0.25, 0.3) is 0 Å². The molecule has 0 aromatic heterocycles. The summed E-state index contributed by atoms with van der Waals surface area (Å²) in [5, 5.41) is 0. The largest absolute Gasteiger partial charge is 1.00 e. The normalized spacial score (nSPS) is 11.0. The molecular weight excluding hydrogens is 275 g/mol. The van der Waals surface area contributed by atoms with Gasteiger partial charge in [-0.15, -0.1) is 0 Å². The van der Waals surface area contributed by atoms with E-state index in [1.54, 1.807) is 0 Å². The molecule has 0 rings (SSSR count). The first-order valence-electron chi connectivity index (χ1n) is 1.17. The van der Waals surface area contributed by atoms with Crippen molar-refractivity contribution < 1.29 is 42.5 Å². The molecule has 0 saturated carbocycles. The predicted molar refractivity (Wildman–Crippen MR) is 31.3 cm³/mol. The van der Waals surface area contributed by atoms with Crippen LogP contribution >= 0.6 is 31.9 Å². The molecule has 0 unspecified atom stereocenters. The van der Waals surface area contributed by atoms with Gasteiger partial charge in [-0.2, -0.15) is 0 Å². The Hall–Kier alpha value is 1.87. The molecular formula is CHBr2NaO3S. The molecule has 8 heavy (non-hydrogen) atoms. The summed E-state index contributed by atoms with van der Waals surface area (Å²) in [6, 6.07) is 0. The first-order chi connectivity index (χ1) is 2.94. The van der Waals surface area contributed by atoms with Crippen LogP contribution in [0.1, 0.15) is 0 Å². The van der Waals surface area contributed by atoms with E-state index in [4.69, 9.17) is 0 Å². The van der Waals surface area contributed by atoms with E-state index in [-0.39, 0.29) is 29.6 Å². The number of alkyl halides is 2. The topological polar surface area (TPSA) is 57.2 Å². The summed E-state index contributed by atoms with van der Waals surface area (Å²) in [5.74, 6) is 0. The summed E-state index contributed by atoms with van der Waals surface area (Å²) in [7, 11) is -4.16. The molecule has 3 nitrogen and oxygen atoms in total. The molecule has 44 valence electrons. The standard InChI is InChI=1S/CH2Br2O3S.Na/c2-1(3)7(4,5)6;/h1H,(H,4,5,6);/q;+1/p-1. The van der Waals surface area contributed by atoms with E-state index in [0.717, 1.165) is 0 Å². The van der Waals surface area contributed by atoms with Crippen molar-refractivity contribution in [1.29, 1.82) is 0 Å². The molecule has 0 amide bonds. The molecule has 0 N–H and O–H groups in total. The zero-order valence-electron chi connectivity index (χ0n) is 3.97. The predicted octanol–water partition coefficient (Wildman–Crippen LogP) is -2.39. The van der Waals surface area contributed by atoms with Crippen molar-refractivity contribution in [1.82, 2.24) is 0 Å². The molecule has 0 bridgehead atoms. The zero-order valence-corrected chi connectivity index (χ0v) is 9.95. The van der Waals surface area contributed by atoms with E-state index in [0.29, 0.717) is 0 Å². The quantitative estimate of drug-likeness (QED) is 0.305. The Balaban J connectivity index is 0. The van der Waals surface area contributed by atoms with E-state index in [2.05, 4.69) is 31.9 Å². The molecule has 0 aliphatic rings. The minimum absolute atomic E-state index is 0. The second-order valence-corrected chi connectivity index (χ2v) is 6.48. The van der Waals surface area contributed by atoms with Crippen molar-refractivity contribution >= 4 is 42.0 Å². The van der Waals surface area contributed by atoms with Crippen molar-refractivity contribution in [2.45, 2.75) is 3.07 Å². The molecule has 0 radical (unpaired) electrons. The molecule has 0 heterocycles. The van der Waals surface area contributed by atoms with Crippen molar-refractivity contribution in [2.75, 3.05) is 0 Å². The van der Waals surface area contributed by atoms with Crippen molar-refractivity contribution in [3.63, 3.8) is 0 Å². The fourth-order valence-electron chi connectivity index (χ4n) is 0. The van der Waals surface area contributed by atoms with E-state index in [9.17, 15) is 13.0 Å². The number of rotatable bonds is 1. The summed E-state index contributed by atoms with van der Waals surface area (Å²) in [6.45, 7) is 0. The van der Waals surface area contributed by atoms with Crippen LogP contribution < -0.4 is 29.6 Å². The third kappa shape index (κ3) is 6.00. The number of hydrogen-bond acceptors (Lipinski definition) is 3. The van der Waals surface area contributed by atoms with Crippen molar-refractivity contribution in [2.24, 2.45) is 0 Å². The monoisotopic (exact) mass is 274 g/mol. The van der Waals surface area contributed by atoms with Crippen LogP contribution in [0, 0.1) is 0 Å². The molecule has 0 fully saturated rings. The van der Waals surface area contributed by atoms with Gasteiger partial charge in [0.05, 0.1) is 0 Å². The Bertz CT molecular complexity index is 139. The average Bonchev–Trinajstić information content (AvgIpc) is 1.31. The maximum Gasteiger partial charge on any atom is 1.00 e. The average molecular weight is 276 g/mol. The third-order valence-electron chi connectivity index (χ3n) is 0.218. The molecule has 0 atom stereocenters. The molecule has 0 aliphatic heterocycles. The summed E-state index contributed by atoms with van der Waals surface area (Å²) in [4.78, 5) is 0. The molecule has 0 saturated heterocycles. The van der Waals surface area contributed by atoms with Crippen molar-refractivity contribution in [3.8, 4) is 0 Å². The van der Waals surface area contributed by atoms with Gasteiger partial charge in [0.15, 0.2) is 3.07 Å². The fraction of sp³-hybridized carbons (Fsp3) is 1.00. The summed E-state index contributed by atoms with van der Waals surface area (Å²) in [5.41, 5.74) is 0. The first-order valence-corrected chi connectivity index (χ1v) is 4.47. The van der Waals surface area contributed by atoms with Gasteiger partial charge < -0.3 is 4.55 Å². The minimum Gasteiger partial charge on any atom is -0.746 e. The van der Waals surface area contributed by atoms with Gasteiger partial charge in [-0.3, -0.25) is 0 Å². The van der Waals surface area contributed by atoms with Gasteiger partial charge in [0.1, 0.15) is 10.1 Å². The van der Waals surface area contributed by atoms with Gasteiger partial charge in [-0.1, -0.05) is 31.9 Å². The third-order valence-corrected chi connectivity index (χ3v) is 3.40. The Morgan fingerprint density at radius 1 is 1.38 bits per heavy atom. The maximum absolute atomic E-state index is 9.68. The van der Waals surface area contributed by atoms with Gasteiger partial charge in [-0.05, 0) is 0 Å². The Morgan fingerprint density at radius 3 is 1.50 bits per heavy atom. The van der Waals surface area contributed by atoms with Crippen LogP contribution in [-0.4, -0.2) is 16.0 Å². The second kappa shape index (κ2) is 4.65. The Kier molecular flexibility index (Phi) is 7.29. The second-order valence-electron chi connectivity index (χ2n) is 0.753. The first kappa shape index (κ1) is 12.5. The maximum atomic E-state index is 9.68. The SMILES string of the molecule is O=S(=O)([O-])C(Br)Br.[Na+]. The minimum atomic E-state index is -4.16. The van der Waals surface area contributed by atoms with Gasteiger partial charge in [0, 0.05) is 0 Å². The van der Waals surface area contributed by atoms with E-state index in [1.807, 2.05) is 0 Å². The van der Waals surface area contributed by atoms with Crippen LogP contribution in [0.5, 0.6) is 0 Å².